The monoisotopic (exact) mass is 342 g/mol. The number of hydrogen-bond donors (Lipinski definition) is 1. The maximum Gasteiger partial charge on any atom is 0.253 e. The normalized spacial score (nSPS) is 21.8. The lowest BCUT2D eigenvalue weighted by Crippen LogP contribution is -2.35. The molecule has 1 fully saturated rings. The molecule has 0 aliphatic heterocycles. The van der Waals surface area contributed by atoms with E-state index in [1.807, 2.05) is 18.8 Å². The largest absolute Gasteiger partial charge is 0.339 e. The Balaban J connectivity index is 2.05. The summed E-state index contributed by atoms with van der Waals surface area (Å²) in [4.78, 5) is 14.3. The number of nitrogens with two attached hydrogens (primary N) is 1. The first-order valence-electron chi connectivity index (χ1n) is 7.34. The number of nitrogens with zero attached hydrogens (tertiary/aromatic N) is 1. The van der Waals surface area contributed by atoms with Gasteiger partial charge in [0.05, 0.1) is 4.90 Å². The third-order valence-electron chi connectivity index (χ3n) is 4.06. The number of benzene rings is 1. The smallest absolute Gasteiger partial charge is 0.253 e. The number of amides is 1. The Morgan fingerprint density at radius 1 is 1.32 bits per heavy atom. The van der Waals surface area contributed by atoms with Gasteiger partial charge < -0.3 is 4.90 Å². The van der Waals surface area contributed by atoms with Gasteiger partial charge in [-0.15, -0.1) is 0 Å². The number of sulfonamides is 1. The molecule has 7 heteroatoms. The molecular formula is C15H22N2O3S2. The molecular weight excluding hydrogens is 320 g/mol. The minimum Gasteiger partial charge on any atom is -0.339 e. The second-order valence-corrected chi connectivity index (χ2v) is 8.67. The van der Waals surface area contributed by atoms with E-state index in [4.69, 9.17) is 5.14 Å². The second-order valence-electron chi connectivity index (χ2n) is 5.53. The number of thioether (sulfide) groups is 1. The summed E-state index contributed by atoms with van der Waals surface area (Å²) in [5.41, 5.74) is 0.487. The number of primary sulfonamides is 1. The standard InChI is InChI=1S/C15H22N2O3S2/c1-3-21-13-7-6-12(10-13)17(2)15(18)11-4-8-14(9-5-11)22(16,19)20/h4-5,8-9,12-13H,3,6-7,10H2,1-2H3,(H2,16,19,20)/t12-,13-/m0/s1. The molecule has 2 atom stereocenters. The van der Waals surface area contributed by atoms with E-state index in [0.717, 1.165) is 25.0 Å². The van der Waals surface area contributed by atoms with Crippen LogP contribution in [0, 0.1) is 0 Å². The van der Waals surface area contributed by atoms with Crippen LogP contribution in [-0.2, 0) is 10.0 Å². The molecule has 0 spiro atoms. The Morgan fingerprint density at radius 3 is 2.50 bits per heavy atom. The van der Waals surface area contributed by atoms with E-state index in [9.17, 15) is 13.2 Å². The van der Waals surface area contributed by atoms with Crippen LogP contribution in [0.15, 0.2) is 29.2 Å². The van der Waals surface area contributed by atoms with Crippen molar-refractivity contribution in [1.82, 2.24) is 4.90 Å². The number of carbonyl (C=O) groups is 1. The van der Waals surface area contributed by atoms with Crippen molar-refractivity contribution in [3.8, 4) is 0 Å². The SMILES string of the molecule is CCS[C@H]1CC[C@H](N(C)C(=O)c2ccc(S(N)(=O)=O)cc2)C1. The lowest BCUT2D eigenvalue weighted by molar-refractivity contribution is 0.0735. The molecule has 1 aliphatic carbocycles. The molecule has 1 aromatic rings. The minimum absolute atomic E-state index is 0.0204. The summed E-state index contributed by atoms with van der Waals surface area (Å²) in [5.74, 6) is 1.03. The van der Waals surface area contributed by atoms with E-state index < -0.39 is 10.0 Å². The van der Waals surface area contributed by atoms with Crippen LogP contribution in [0.1, 0.15) is 36.5 Å². The highest BCUT2D eigenvalue weighted by atomic mass is 32.2. The molecule has 0 saturated heterocycles. The highest BCUT2D eigenvalue weighted by Gasteiger charge is 2.30. The first-order chi connectivity index (χ1) is 10.3. The van der Waals surface area contributed by atoms with Gasteiger partial charge >= 0.3 is 0 Å². The first kappa shape index (κ1) is 17.3. The van der Waals surface area contributed by atoms with E-state index in [-0.39, 0.29) is 16.8 Å². The molecule has 0 radical (unpaired) electrons. The molecule has 1 aromatic carbocycles. The van der Waals surface area contributed by atoms with Crippen LogP contribution in [0.25, 0.3) is 0 Å². The Labute approximate surface area is 136 Å². The van der Waals surface area contributed by atoms with Gasteiger partial charge in [-0.1, -0.05) is 6.92 Å². The zero-order valence-electron chi connectivity index (χ0n) is 12.9. The fourth-order valence-corrected chi connectivity index (χ4v) is 4.46. The number of hydrogen-bond acceptors (Lipinski definition) is 4. The molecule has 2 N–H and O–H groups in total. The van der Waals surface area contributed by atoms with E-state index in [1.54, 1.807) is 4.90 Å². The van der Waals surface area contributed by atoms with E-state index in [1.165, 1.54) is 24.3 Å². The van der Waals surface area contributed by atoms with Crippen molar-refractivity contribution in [2.45, 2.75) is 42.4 Å². The molecule has 122 valence electrons. The maximum atomic E-state index is 12.5. The second kappa shape index (κ2) is 7.02. The van der Waals surface area contributed by atoms with Crippen LogP contribution in [0.4, 0.5) is 0 Å². The van der Waals surface area contributed by atoms with Crippen LogP contribution < -0.4 is 5.14 Å². The summed E-state index contributed by atoms with van der Waals surface area (Å²) in [7, 11) is -1.90. The Hall–Kier alpha value is -1.05. The van der Waals surface area contributed by atoms with E-state index in [0.29, 0.717) is 10.8 Å². The molecule has 5 nitrogen and oxygen atoms in total. The van der Waals surface area contributed by atoms with Crippen molar-refractivity contribution in [2.24, 2.45) is 5.14 Å². The summed E-state index contributed by atoms with van der Waals surface area (Å²) in [6.07, 6.45) is 3.19. The van der Waals surface area contributed by atoms with Crippen molar-refractivity contribution >= 4 is 27.7 Å². The fourth-order valence-electron chi connectivity index (χ4n) is 2.81. The molecule has 1 amide bonds. The predicted octanol–water partition coefficient (Wildman–Crippen LogP) is 2.08. The molecule has 0 bridgehead atoms. The molecule has 0 heterocycles. The van der Waals surface area contributed by atoms with Crippen molar-refractivity contribution in [1.29, 1.82) is 0 Å². The number of rotatable bonds is 5. The Bertz CT molecular complexity index is 629. The van der Waals surface area contributed by atoms with Crippen molar-refractivity contribution in [3.05, 3.63) is 29.8 Å². The van der Waals surface area contributed by atoms with Gasteiger partial charge in [0.1, 0.15) is 0 Å². The first-order valence-corrected chi connectivity index (χ1v) is 9.94. The van der Waals surface area contributed by atoms with Gasteiger partial charge in [0.2, 0.25) is 10.0 Å². The van der Waals surface area contributed by atoms with Gasteiger partial charge in [0.15, 0.2) is 0 Å². The van der Waals surface area contributed by atoms with Crippen LogP contribution in [0.3, 0.4) is 0 Å². The minimum atomic E-state index is -3.72. The summed E-state index contributed by atoms with van der Waals surface area (Å²) >= 11 is 1.95. The Morgan fingerprint density at radius 2 is 1.95 bits per heavy atom. The predicted molar refractivity (Wildman–Crippen MR) is 89.5 cm³/mol. The highest BCUT2D eigenvalue weighted by Crippen LogP contribution is 2.32. The van der Waals surface area contributed by atoms with Crippen molar-refractivity contribution in [3.63, 3.8) is 0 Å². The molecule has 0 unspecified atom stereocenters. The van der Waals surface area contributed by atoms with Gasteiger partial charge in [0, 0.05) is 23.9 Å². The summed E-state index contributed by atoms with van der Waals surface area (Å²) in [6.45, 7) is 2.15. The molecule has 0 aromatic heterocycles. The average Bonchev–Trinajstić information content (AvgIpc) is 2.94. The van der Waals surface area contributed by atoms with E-state index in [2.05, 4.69) is 6.92 Å². The Kier molecular flexibility index (Phi) is 5.52. The maximum absolute atomic E-state index is 12.5. The van der Waals surface area contributed by atoms with Gasteiger partial charge in [-0.3, -0.25) is 4.79 Å². The summed E-state index contributed by atoms with van der Waals surface area (Å²) in [5, 5.41) is 5.69. The van der Waals surface area contributed by atoms with Gasteiger partial charge in [-0.25, -0.2) is 13.6 Å². The van der Waals surface area contributed by atoms with Gasteiger partial charge in [0.25, 0.3) is 5.91 Å². The highest BCUT2D eigenvalue weighted by molar-refractivity contribution is 7.99. The summed E-state index contributed by atoms with van der Waals surface area (Å²) < 4.78 is 22.5. The molecule has 1 saturated carbocycles. The van der Waals surface area contributed by atoms with Crippen LogP contribution in [0.2, 0.25) is 0 Å². The van der Waals surface area contributed by atoms with Crippen LogP contribution in [-0.4, -0.2) is 43.3 Å². The quantitative estimate of drug-likeness (QED) is 0.888. The zero-order chi connectivity index (χ0) is 16.3. The lowest BCUT2D eigenvalue weighted by Gasteiger charge is -2.25. The van der Waals surface area contributed by atoms with Crippen molar-refractivity contribution in [2.75, 3.05) is 12.8 Å². The average molecular weight is 342 g/mol. The molecule has 2 rings (SSSR count). The molecule has 1 aliphatic rings. The lowest BCUT2D eigenvalue weighted by atomic mass is 10.1. The molecule has 22 heavy (non-hydrogen) atoms. The summed E-state index contributed by atoms with van der Waals surface area (Å²) in [6, 6.07) is 6.05. The van der Waals surface area contributed by atoms with E-state index >= 15 is 0 Å². The fraction of sp³-hybridized carbons (Fsp3) is 0.533. The third-order valence-corrected chi connectivity index (χ3v) is 6.22. The number of carbonyl (C=O) groups excluding carboxylic acids is 1. The van der Waals surface area contributed by atoms with Gasteiger partial charge in [-0.2, -0.15) is 11.8 Å². The van der Waals surface area contributed by atoms with Crippen LogP contribution in [0.5, 0.6) is 0 Å². The van der Waals surface area contributed by atoms with Gasteiger partial charge in [-0.05, 0) is 49.3 Å². The third kappa shape index (κ3) is 4.02. The topological polar surface area (TPSA) is 80.5 Å². The van der Waals surface area contributed by atoms with Crippen molar-refractivity contribution < 1.29 is 13.2 Å². The van der Waals surface area contributed by atoms with Crippen LogP contribution >= 0.6 is 11.8 Å². The zero-order valence-corrected chi connectivity index (χ0v) is 14.5.